The van der Waals surface area contributed by atoms with Crippen LogP contribution in [-0.4, -0.2) is 15.6 Å². The van der Waals surface area contributed by atoms with E-state index >= 15 is 0 Å². The van der Waals surface area contributed by atoms with Gasteiger partial charge in [-0.05, 0) is 43.4 Å². The van der Waals surface area contributed by atoms with Crippen LogP contribution in [0.3, 0.4) is 0 Å². The number of hydrogen-bond donors (Lipinski definition) is 1. The molecular weight excluding hydrogens is 278 g/mol. The summed E-state index contributed by atoms with van der Waals surface area (Å²) in [6.45, 7) is 2.44. The molecule has 20 heavy (non-hydrogen) atoms. The molecule has 1 aliphatic carbocycles. The van der Waals surface area contributed by atoms with Crippen molar-refractivity contribution in [1.29, 1.82) is 0 Å². The van der Waals surface area contributed by atoms with Crippen molar-refractivity contribution in [1.82, 2.24) is 4.57 Å². The van der Waals surface area contributed by atoms with Crippen LogP contribution < -0.4 is 5.43 Å². The fourth-order valence-corrected chi connectivity index (χ4v) is 2.70. The molecule has 104 valence electrons. The third kappa shape index (κ3) is 2.10. The maximum atomic E-state index is 12.1. The van der Waals surface area contributed by atoms with E-state index in [0.29, 0.717) is 28.4 Å². The Bertz CT molecular complexity index is 775. The lowest BCUT2D eigenvalue weighted by atomic mass is 10.1. The van der Waals surface area contributed by atoms with E-state index in [1.807, 2.05) is 6.92 Å². The first kappa shape index (κ1) is 13.2. The van der Waals surface area contributed by atoms with E-state index in [0.717, 1.165) is 18.4 Å². The first-order valence-corrected chi connectivity index (χ1v) is 6.93. The Morgan fingerprint density at radius 2 is 2.15 bits per heavy atom. The number of aromatic carboxylic acids is 1. The highest BCUT2D eigenvalue weighted by molar-refractivity contribution is 6.32. The molecule has 0 atom stereocenters. The number of hydrogen-bond acceptors (Lipinski definition) is 2. The van der Waals surface area contributed by atoms with Gasteiger partial charge in [-0.2, -0.15) is 0 Å². The summed E-state index contributed by atoms with van der Waals surface area (Å²) in [6, 6.07) is 4.56. The van der Waals surface area contributed by atoms with Gasteiger partial charge in [-0.15, -0.1) is 0 Å². The second-order valence-corrected chi connectivity index (χ2v) is 5.73. The monoisotopic (exact) mass is 291 g/mol. The van der Waals surface area contributed by atoms with Crippen LogP contribution in [0.4, 0.5) is 0 Å². The van der Waals surface area contributed by atoms with Crippen molar-refractivity contribution in [3.8, 4) is 0 Å². The van der Waals surface area contributed by atoms with Crippen molar-refractivity contribution in [3.05, 3.63) is 44.7 Å². The lowest BCUT2D eigenvalue weighted by Crippen LogP contribution is -2.19. The summed E-state index contributed by atoms with van der Waals surface area (Å²) in [6.07, 6.45) is 2.21. The molecule has 1 fully saturated rings. The average molecular weight is 292 g/mol. The number of pyridine rings is 1. The van der Waals surface area contributed by atoms with Crippen LogP contribution in [0, 0.1) is 12.8 Å². The van der Waals surface area contributed by atoms with E-state index in [2.05, 4.69) is 0 Å². The zero-order chi connectivity index (χ0) is 14.4. The molecule has 1 aromatic carbocycles. The molecule has 2 aromatic rings. The second-order valence-electron chi connectivity index (χ2n) is 5.32. The molecule has 4 nitrogen and oxygen atoms in total. The number of rotatable bonds is 3. The highest BCUT2D eigenvalue weighted by Gasteiger charge is 2.25. The molecule has 0 saturated heterocycles. The van der Waals surface area contributed by atoms with E-state index < -0.39 is 5.97 Å². The summed E-state index contributed by atoms with van der Waals surface area (Å²) in [5.41, 5.74) is 1.17. The Morgan fingerprint density at radius 3 is 2.75 bits per heavy atom. The zero-order valence-corrected chi connectivity index (χ0v) is 11.8. The van der Waals surface area contributed by atoms with Gasteiger partial charge < -0.3 is 9.67 Å². The van der Waals surface area contributed by atoms with Gasteiger partial charge >= 0.3 is 5.97 Å². The Balaban J connectivity index is 2.41. The van der Waals surface area contributed by atoms with Crippen LogP contribution in [0.15, 0.2) is 23.0 Å². The molecule has 1 aromatic heterocycles. The highest BCUT2D eigenvalue weighted by atomic mass is 35.5. The maximum Gasteiger partial charge on any atom is 0.352 e. The Hall–Kier alpha value is -1.81. The van der Waals surface area contributed by atoms with Crippen LogP contribution in [0.5, 0.6) is 0 Å². The molecule has 0 bridgehead atoms. The van der Waals surface area contributed by atoms with Crippen LogP contribution >= 0.6 is 11.6 Å². The number of halogens is 1. The van der Waals surface area contributed by atoms with Crippen molar-refractivity contribution in [2.24, 2.45) is 5.92 Å². The van der Waals surface area contributed by atoms with Gasteiger partial charge in [0.1, 0.15) is 5.69 Å². The lowest BCUT2D eigenvalue weighted by molar-refractivity contribution is 0.0684. The van der Waals surface area contributed by atoms with E-state index in [1.165, 1.54) is 6.07 Å². The minimum absolute atomic E-state index is 0.0415. The van der Waals surface area contributed by atoms with Gasteiger partial charge in [-0.1, -0.05) is 11.6 Å². The number of carbonyl (C=O) groups is 1. The van der Waals surface area contributed by atoms with Gasteiger partial charge in [0, 0.05) is 23.0 Å². The van der Waals surface area contributed by atoms with E-state index in [-0.39, 0.29) is 11.1 Å². The summed E-state index contributed by atoms with van der Waals surface area (Å²) in [7, 11) is 0. The number of carboxylic acids is 1. The first-order chi connectivity index (χ1) is 9.49. The highest BCUT2D eigenvalue weighted by Crippen LogP contribution is 2.33. The fourth-order valence-electron chi connectivity index (χ4n) is 2.55. The normalized spacial score (nSPS) is 14.7. The average Bonchev–Trinajstić information content (AvgIpc) is 3.20. The van der Waals surface area contributed by atoms with Crippen LogP contribution in [0.1, 0.15) is 28.9 Å². The summed E-state index contributed by atoms with van der Waals surface area (Å²) in [5, 5.41) is 10.4. The van der Waals surface area contributed by atoms with Gasteiger partial charge in [0.15, 0.2) is 5.43 Å². The summed E-state index contributed by atoms with van der Waals surface area (Å²) >= 11 is 6.13. The molecule has 1 N–H and O–H groups in total. The van der Waals surface area contributed by atoms with Crippen LogP contribution in [0.25, 0.3) is 10.9 Å². The fraction of sp³-hybridized carbons (Fsp3) is 0.333. The van der Waals surface area contributed by atoms with Gasteiger partial charge in [0.2, 0.25) is 0 Å². The minimum Gasteiger partial charge on any atom is -0.477 e. The van der Waals surface area contributed by atoms with E-state index in [4.69, 9.17) is 11.6 Å². The van der Waals surface area contributed by atoms with E-state index in [9.17, 15) is 14.7 Å². The standard InChI is InChI=1S/C15H14ClNO3/c1-8-11(16)5-4-10-13(18)6-12(15(19)20)17(14(8)10)7-9-2-3-9/h4-6,9H,2-3,7H2,1H3,(H,19,20). The van der Waals surface area contributed by atoms with Gasteiger partial charge in [-0.3, -0.25) is 4.79 Å². The molecule has 0 spiro atoms. The summed E-state index contributed by atoms with van der Waals surface area (Å²) < 4.78 is 1.73. The summed E-state index contributed by atoms with van der Waals surface area (Å²) in [5.74, 6) is -0.582. The predicted octanol–water partition coefficient (Wildman–Crippen LogP) is 3.07. The molecule has 0 unspecified atom stereocenters. The van der Waals surface area contributed by atoms with Gasteiger partial charge in [-0.25, -0.2) is 4.79 Å². The topological polar surface area (TPSA) is 59.3 Å². The Labute approximate surface area is 120 Å². The van der Waals surface area contributed by atoms with Crippen molar-refractivity contribution in [3.63, 3.8) is 0 Å². The van der Waals surface area contributed by atoms with Crippen LogP contribution in [-0.2, 0) is 6.54 Å². The molecule has 1 aliphatic rings. The molecule has 0 amide bonds. The van der Waals surface area contributed by atoms with Gasteiger partial charge in [0.05, 0.1) is 5.52 Å². The zero-order valence-electron chi connectivity index (χ0n) is 11.0. The molecule has 1 heterocycles. The number of carboxylic acid groups (broad SMARTS) is 1. The SMILES string of the molecule is Cc1c(Cl)ccc2c(=O)cc(C(=O)O)n(CC3CC3)c12. The predicted molar refractivity (Wildman–Crippen MR) is 77.6 cm³/mol. The number of benzene rings is 1. The smallest absolute Gasteiger partial charge is 0.352 e. The molecule has 0 aliphatic heterocycles. The lowest BCUT2D eigenvalue weighted by Gasteiger charge is -2.16. The Kier molecular flexibility index (Phi) is 3.05. The third-order valence-corrected chi connectivity index (χ3v) is 4.23. The minimum atomic E-state index is -1.08. The number of aromatic nitrogens is 1. The third-order valence-electron chi connectivity index (χ3n) is 3.82. The molecular formula is C15H14ClNO3. The Morgan fingerprint density at radius 1 is 1.45 bits per heavy atom. The number of nitrogens with zero attached hydrogens (tertiary/aromatic N) is 1. The van der Waals surface area contributed by atoms with Crippen molar-refractivity contribution in [2.75, 3.05) is 0 Å². The first-order valence-electron chi connectivity index (χ1n) is 6.55. The number of fused-ring (bicyclic) bond motifs is 1. The molecule has 5 heteroatoms. The second kappa shape index (κ2) is 4.63. The van der Waals surface area contributed by atoms with Crippen molar-refractivity contribution >= 4 is 28.5 Å². The molecule has 0 radical (unpaired) electrons. The summed E-state index contributed by atoms with van der Waals surface area (Å²) in [4.78, 5) is 23.5. The largest absolute Gasteiger partial charge is 0.477 e. The molecule has 1 saturated carbocycles. The number of aryl methyl sites for hydroxylation is 1. The van der Waals surface area contributed by atoms with Gasteiger partial charge in [0.25, 0.3) is 0 Å². The van der Waals surface area contributed by atoms with Crippen LogP contribution in [0.2, 0.25) is 5.02 Å². The maximum absolute atomic E-state index is 12.1. The quantitative estimate of drug-likeness (QED) is 0.945. The van der Waals surface area contributed by atoms with E-state index in [1.54, 1.807) is 16.7 Å². The van der Waals surface area contributed by atoms with Crippen molar-refractivity contribution in [2.45, 2.75) is 26.3 Å². The molecule has 3 rings (SSSR count). The van der Waals surface area contributed by atoms with Crippen molar-refractivity contribution < 1.29 is 9.90 Å².